The molecule has 0 N–H and O–H groups in total. The molecule has 2 heterocycles. The van der Waals surface area contributed by atoms with E-state index in [1.807, 2.05) is 19.1 Å². The van der Waals surface area contributed by atoms with Gasteiger partial charge in [0, 0.05) is 19.2 Å². The van der Waals surface area contributed by atoms with Gasteiger partial charge in [-0.15, -0.1) is 0 Å². The summed E-state index contributed by atoms with van der Waals surface area (Å²) in [6.07, 6.45) is 5.89. The van der Waals surface area contributed by atoms with Gasteiger partial charge in [0.25, 0.3) is 0 Å². The van der Waals surface area contributed by atoms with Crippen molar-refractivity contribution in [1.29, 1.82) is 0 Å². The van der Waals surface area contributed by atoms with Crippen molar-refractivity contribution < 1.29 is 9.53 Å². The smallest absolute Gasteiger partial charge is 0.246 e. The van der Waals surface area contributed by atoms with E-state index in [4.69, 9.17) is 4.74 Å². The standard InChI is InChI=1S/C13H15BrN2O2/c1-2-4-12(17)16-8-6-10(9-16)18-13-11(14)5-3-7-15-13/h2-5,7,10H,6,8-9H2,1H3/b4-2+. The molecule has 1 aliphatic rings. The van der Waals surface area contributed by atoms with E-state index in [2.05, 4.69) is 20.9 Å². The Kier molecular flexibility index (Phi) is 4.36. The van der Waals surface area contributed by atoms with Crippen molar-refractivity contribution >= 4 is 21.8 Å². The fourth-order valence-corrected chi connectivity index (χ4v) is 2.24. The average Bonchev–Trinajstić information content (AvgIpc) is 2.81. The summed E-state index contributed by atoms with van der Waals surface area (Å²) in [5.41, 5.74) is 0. The van der Waals surface area contributed by atoms with E-state index in [0.717, 1.165) is 17.4 Å². The normalized spacial score (nSPS) is 19.4. The minimum atomic E-state index is 0.0189. The lowest BCUT2D eigenvalue weighted by Crippen LogP contribution is -2.29. The average molecular weight is 311 g/mol. The first-order valence-corrected chi connectivity index (χ1v) is 6.68. The van der Waals surface area contributed by atoms with Crippen LogP contribution < -0.4 is 4.74 Å². The second-order valence-electron chi connectivity index (χ2n) is 4.10. The predicted molar refractivity (Wildman–Crippen MR) is 72.4 cm³/mol. The molecule has 1 unspecified atom stereocenters. The highest BCUT2D eigenvalue weighted by atomic mass is 79.9. The number of allylic oxidation sites excluding steroid dienone is 1. The lowest BCUT2D eigenvalue weighted by atomic mass is 10.3. The Bertz CT molecular complexity index is 462. The molecule has 0 spiro atoms. The molecule has 18 heavy (non-hydrogen) atoms. The summed E-state index contributed by atoms with van der Waals surface area (Å²) in [5.74, 6) is 0.631. The summed E-state index contributed by atoms with van der Waals surface area (Å²) in [6, 6.07) is 3.73. The van der Waals surface area contributed by atoms with Gasteiger partial charge in [0.2, 0.25) is 11.8 Å². The van der Waals surface area contributed by atoms with Crippen LogP contribution in [0.25, 0.3) is 0 Å². The van der Waals surface area contributed by atoms with Crippen molar-refractivity contribution in [3.8, 4) is 5.88 Å². The van der Waals surface area contributed by atoms with Crippen LogP contribution in [0.2, 0.25) is 0 Å². The minimum absolute atomic E-state index is 0.0189. The number of hydrogen-bond donors (Lipinski definition) is 0. The number of likely N-dealkylation sites (tertiary alicyclic amines) is 1. The van der Waals surface area contributed by atoms with E-state index < -0.39 is 0 Å². The van der Waals surface area contributed by atoms with Crippen LogP contribution in [-0.4, -0.2) is 35.0 Å². The van der Waals surface area contributed by atoms with Gasteiger partial charge in [0.05, 0.1) is 11.0 Å². The zero-order valence-corrected chi connectivity index (χ0v) is 11.8. The van der Waals surface area contributed by atoms with Crippen molar-refractivity contribution in [2.75, 3.05) is 13.1 Å². The summed E-state index contributed by atoms with van der Waals surface area (Å²) in [4.78, 5) is 17.6. The van der Waals surface area contributed by atoms with Gasteiger partial charge >= 0.3 is 0 Å². The topological polar surface area (TPSA) is 42.4 Å². The molecule has 1 amide bonds. The first kappa shape index (κ1) is 13.1. The summed E-state index contributed by atoms with van der Waals surface area (Å²) in [5, 5.41) is 0. The minimum Gasteiger partial charge on any atom is -0.472 e. The highest BCUT2D eigenvalue weighted by Gasteiger charge is 2.27. The summed E-state index contributed by atoms with van der Waals surface area (Å²) in [7, 11) is 0. The van der Waals surface area contributed by atoms with Gasteiger partial charge in [0.1, 0.15) is 6.10 Å². The van der Waals surface area contributed by atoms with Crippen LogP contribution >= 0.6 is 15.9 Å². The van der Waals surface area contributed by atoms with E-state index in [9.17, 15) is 4.79 Å². The van der Waals surface area contributed by atoms with Crippen LogP contribution in [0.1, 0.15) is 13.3 Å². The third-order valence-corrected chi connectivity index (χ3v) is 3.37. The molecular weight excluding hydrogens is 296 g/mol. The monoisotopic (exact) mass is 310 g/mol. The Balaban J connectivity index is 1.94. The maximum absolute atomic E-state index is 11.7. The fraction of sp³-hybridized carbons (Fsp3) is 0.385. The van der Waals surface area contributed by atoms with E-state index in [-0.39, 0.29) is 12.0 Å². The Morgan fingerprint density at radius 3 is 3.22 bits per heavy atom. The number of nitrogens with zero attached hydrogens (tertiary/aromatic N) is 2. The number of rotatable bonds is 3. The number of carbonyl (C=O) groups excluding carboxylic acids is 1. The first-order valence-electron chi connectivity index (χ1n) is 5.89. The molecule has 1 aromatic rings. The van der Waals surface area contributed by atoms with Gasteiger partial charge in [-0.2, -0.15) is 0 Å². The molecular formula is C13H15BrN2O2. The molecule has 4 nitrogen and oxygen atoms in total. The second kappa shape index (κ2) is 6.00. The zero-order chi connectivity index (χ0) is 13.0. The summed E-state index contributed by atoms with van der Waals surface area (Å²) >= 11 is 3.39. The third kappa shape index (κ3) is 3.10. The lowest BCUT2D eigenvalue weighted by molar-refractivity contribution is -0.125. The van der Waals surface area contributed by atoms with Crippen molar-refractivity contribution in [2.24, 2.45) is 0 Å². The number of carbonyl (C=O) groups is 1. The Morgan fingerprint density at radius 1 is 1.67 bits per heavy atom. The SMILES string of the molecule is C/C=C/C(=O)N1CCC(Oc2ncccc2Br)C1. The third-order valence-electron chi connectivity index (χ3n) is 2.77. The number of hydrogen-bond acceptors (Lipinski definition) is 3. The van der Waals surface area contributed by atoms with Gasteiger partial charge in [0.15, 0.2) is 0 Å². The fourth-order valence-electron chi connectivity index (χ4n) is 1.89. The van der Waals surface area contributed by atoms with Crippen molar-refractivity contribution in [3.05, 3.63) is 35.0 Å². The molecule has 96 valence electrons. The second-order valence-corrected chi connectivity index (χ2v) is 4.96. The molecule has 0 aliphatic carbocycles. The van der Waals surface area contributed by atoms with Crippen LogP contribution in [0.4, 0.5) is 0 Å². The first-order chi connectivity index (χ1) is 8.70. The van der Waals surface area contributed by atoms with Crippen LogP contribution in [0, 0.1) is 0 Å². The van der Waals surface area contributed by atoms with E-state index in [0.29, 0.717) is 12.4 Å². The number of halogens is 1. The van der Waals surface area contributed by atoms with Gasteiger partial charge in [-0.25, -0.2) is 4.98 Å². The van der Waals surface area contributed by atoms with Gasteiger partial charge in [-0.05, 0) is 41.1 Å². The molecule has 1 aromatic heterocycles. The van der Waals surface area contributed by atoms with E-state index >= 15 is 0 Å². The van der Waals surface area contributed by atoms with E-state index in [1.165, 1.54) is 0 Å². The molecule has 0 radical (unpaired) electrons. The molecule has 0 saturated carbocycles. The molecule has 2 rings (SSSR count). The highest BCUT2D eigenvalue weighted by molar-refractivity contribution is 9.10. The number of ether oxygens (including phenoxy) is 1. The predicted octanol–water partition coefficient (Wildman–Crippen LogP) is 2.40. The molecule has 1 atom stereocenters. The Labute approximate surface area is 115 Å². The largest absolute Gasteiger partial charge is 0.472 e. The number of amides is 1. The Hall–Kier alpha value is -1.36. The summed E-state index contributed by atoms with van der Waals surface area (Å²) in [6.45, 7) is 3.19. The molecule has 1 aliphatic heterocycles. The maximum atomic E-state index is 11.7. The molecule has 1 saturated heterocycles. The van der Waals surface area contributed by atoms with Crippen LogP contribution in [0.3, 0.4) is 0 Å². The van der Waals surface area contributed by atoms with Gasteiger partial charge < -0.3 is 9.64 Å². The van der Waals surface area contributed by atoms with Crippen LogP contribution in [0.5, 0.6) is 5.88 Å². The zero-order valence-electron chi connectivity index (χ0n) is 10.2. The number of pyridine rings is 1. The van der Waals surface area contributed by atoms with E-state index in [1.54, 1.807) is 23.2 Å². The molecule has 1 fully saturated rings. The van der Waals surface area contributed by atoms with Crippen molar-refractivity contribution in [1.82, 2.24) is 9.88 Å². The molecule has 0 aromatic carbocycles. The quantitative estimate of drug-likeness (QED) is 0.805. The maximum Gasteiger partial charge on any atom is 0.246 e. The van der Waals surface area contributed by atoms with Crippen LogP contribution in [0.15, 0.2) is 35.0 Å². The lowest BCUT2D eigenvalue weighted by Gasteiger charge is -2.15. The van der Waals surface area contributed by atoms with Gasteiger partial charge in [-0.3, -0.25) is 4.79 Å². The Morgan fingerprint density at radius 2 is 2.50 bits per heavy atom. The highest BCUT2D eigenvalue weighted by Crippen LogP contribution is 2.24. The van der Waals surface area contributed by atoms with Crippen molar-refractivity contribution in [2.45, 2.75) is 19.4 Å². The molecule has 5 heteroatoms. The van der Waals surface area contributed by atoms with Crippen molar-refractivity contribution in [3.63, 3.8) is 0 Å². The summed E-state index contributed by atoms with van der Waals surface area (Å²) < 4.78 is 6.62. The molecule has 0 bridgehead atoms. The van der Waals surface area contributed by atoms with Crippen LogP contribution in [-0.2, 0) is 4.79 Å². The van der Waals surface area contributed by atoms with Gasteiger partial charge in [-0.1, -0.05) is 6.08 Å². The number of aromatic nitrogens is 1.